The number of aliphatic carboxylic acids is 1. The molecule has 3 aromatic rings. The van der Waals surface area contributed by atoms with Gasteiger partial charge in [0.1, 0.15) is 5.69 Å². The number of aromatic amines is 1. The quantitative estimate of drug-likeness (QED) is 0.713. The van der Waals surface area contributed by atoms with Gasteiger partial charge >= 0.3 is 5.97 Å². The molecule has 3 rings (SSSR count). The second-order valence-electron chi connectivity index (χ2n) is 4.38. The zero-order valence-electron chi connectivity index (χ0n) is 10.6. The van der Waals surface area contributed by atoms with Gasteiger partial charge in [0.25, 0.3) is 0 Å². The lowest BCUT2D eigenvalue weighted by Crippen LogP contribution is -1.88. The number of para-hydroxylation sites is 1. The lowest BCUT2D eigenvalue weighted by atomic mass is 10.0. The summed E-state index contributed by atoms with van der Waals surface area (Å²) in [6.07, 6.45) is 2.72. The fourth-order valence-corrected chi connectivity index (χ4v) is 2.19. The number of carbonyl (C=O) groups is 1. The van der Waals surface area contributed by atoms with Crippen LogP contribution >= 0.6 is 0 Å². The Balaban J connectivity index is 2.17. The van der Waals surface area contributed by atoms with Gasteiger partial charge in [-0.15, -0.1) is 0 Å². The smallest absolute Gasteiger partial charge is 0.328 e. The Morgan fingerprint density at radius 1 is 1.10 bits per heavy atom. The second-order valence-corrected chi connectivity index (χ2v) is 4.38. The molecule has 0 amide bonds. The number of nitrogens with one attached hydrogen (secondary N) is 1. The summed E-state index contributed by atoms with van der Waals surface area (Å²) in [7, 11) is 0. The highest BCUT2D eigenvalue weighted by Crippen LogP contribution is 2.29. The van der Waals surface area contributed by atoms with Crippen LogP contribution in [0.5, 0.6) is 0 Å². The normalized spacial score (nSPS) is 11.2. The number of hydrogen-bond acceptors (Lipinski definition) is 2. The Morgan fingerprint density at radius 3 is 2.70 bits per heavy atom. The predicted molar refractivity (Wildman–Crippen MR) is 78.2 cm³/mol. The SMILES string of the molecule is O=C(O)C=Cc1ccccc1-c1n[nH]c2ccccc12. The van der Waals surface area contributed by atoms with Crippen molar-refractivity contribution in [3.05, 3.63) is 60.2 Å². The van der Waals surface area contributed by atoms with Crippen molar-refractivity contribution in [3.8, 4) is 11.3 Å². The van der Waals surface area contributed by atoms with Crippen molar-refractivity contribution in [1.29, 1.82) is 0 Å². The Kier molecular flexibility index (Phi) is 3.05. The van der Waals surface area contributed by atoms with Crippen molar-refractivity contribution < 1.29 is 9.90 Å². The molecule has 0 spiro atoms. The average Bonchev–Trinajstić information content (AvgIpc) is 2.89. The van der Waals surface area contributed by atoms with Gasteiger partial charge in [-0.05, 0) is 17.7 Å². The molecule has 0 radical (unpaired) electrons. The summed E-state index contributed by atoms with van der Waals surface area (Å²) < 4.78 is 0. The number of hydrogen-bond donors (Lipinski definition) is 2. The number of rotatable bonds is 3. The van der Waals surface area contributed by atoms with E-state index in [1.807, 2.05) is 48.5 Å². The molecule has 0 unspecified atom stereocenters. The first-order valence-electron chi connectivity index (χ1n) is 6.19. The van der Waals surface area contributed by atoms with Gasteiger partial charge in [-0.25, -0.2) is 4.79 Å². The lowest BCUT2D eigenvalue weighted by Gasteiger charge is -2.03. The maximum atomic E-state index is 10.7. The third kappa shape index (κ3) is 2.19. The Hall–Kier alpha value is -2.88. The monoisotopic (exact) mass is 264 g/mol. The third-order valence-electron chi connectivity index (χ3n) is 3.09. The number of nitrogens with zero attached hydrogens (tertiary/aromatic N) is 1. The maximum Gasteiger partial charge on any atom is 0.328 e. The van der Waals surface area contributed by atoms with Crippen molar-refractivity contribution in [2.24, 2.45) is 0 Å². The Labute approximate surface area is 115 Å². The molecule has 1 aromatic heterocycles. The van der Waals surface area contributed by atoms with Crippen LogP contribution in [0, 0.1) is 0 Å². The minimum absolute atomic E-state index is 0.825. The second kappa shape index (κ2) is 5.01. The van der Waals surface area contributed by atoms with E-state index >= 15 is 0 Å². The highest BCUT2D eigenvalue weighted by atomic mass is 16.4. The van der Waals surface area contributed by atoms with Crippen LogP contribution in [0.1, 0.15) is 5.56 Å². The van der Waals surface area contributed by atoms with Crippen LogP contribution in [0.2, 0.25) is 0 Å². The molecule has 4 nitrogen and oxygen atoms in total. The highest BCUT2D eigenvalue weighted by Gasteiger charge is 2.10. The van der Waals surface area contributed by atoms with Crippen molar-refractivity contribution >= 4 is 22.9 Å². The predicted octanol–water partition coefficient (Wildman–Crippen LogP) is 3.33. The van der Waals surface area contributed by atoms with E-state index in [0.717, 1.165) is 33.8 Å². The van der Waals surface area contributed by atoms with E-state index in [0.29, 0.717) is 0 Å². The van der Waals surface area contributed by atoms with Gasteiger partial charge in [-0.2, -0.15) is 5.10 Å². The summed E-state index contributed by atoms with van der Waals surface area (Å²) >= 11 is 0. The molecule has 1 heterocycles. The molecule has 20 heavy (non-hydrogen) atoms. The van der Waals surface area contributed by atoms with Gasteiger partial charge < -0.3 is 5.11 Å². The highest BCUT2D eigenvalue weighted by molar-refractivity contribution is 5.96. The summed E-state index contributed by atoms with van der Waals surface area (Å²) in [4.78, 5) is 10.7. The third-order valence-corrected chi connectivity index (χ3v) is 3.09. The first kappa shape index (κ1) is 12.2. The number of carboxylic acids is 1. The first-order valence-corrected chi connectivity index (χ1v) is 6.19. The van der Waals surface area contributed by atoms with Gasteiger partial charge in [-0.1, -0.05) is 42.5 Å². The Morgan fingerprint density at radius 2 is 1.85 bits per heavy atom. The van der Waals surface area contributed by atoms with Crippen LogP contribution < -0.4 is 0 Å². The van der Waals surface area contributed by atoms with Gasteiger partial charge in [-0.3, -0.25) is 5.10 Å². The zero-order chi connectivity index (χ0) is 13.9. The van der Waals surface area contributed by atoms with E-state index in [4.69, 9.17) is 5.11 Å². The largest absolute Gasteiger partial charge is 0.478 e. The molecule has 0 saturated heterocycles. The van der Waals surface area contributed by atoms with E-state index in [1.54, 1.807) is 6.08 Å². The molecule has 0 aliphatic carbocycles. The molecular formula is C16H12N2O2. The van der Waals surface area contributed by atoms with Gasteiger partial charge in [0.15, 0.2) is 0 Å². The van der Waals surface area contributed by atoms with Crippen LogP contribution in [-0.2, 0) is 4.79 Å². The van der Waals surface area contributed by atoms with Crippen molar-refractivity contribution in [2.45, 2.75) is 0 Å². The van der Waals surface area contributed by atoms with Crippen LogP contribution in [0.15, 0.2) is 54.6 Å². The summed E-state index contributed by atoms with van der Waals surface area (Å²) in [5, 5.41) is 17.1. The molecule has 2 aromatic carbocycles. The van der Waals surface area contributed by atoms with Gasteiger partial charge in [0, 0.05) is 17.0 Å². The van der Waals surface area contributed by atoms with Crippen molar-refractivity contribution in [3.63, 3.8) is 0 Å². The molecule has 0 bridgehead atoms. The van der Waals surface area contributed by atoms with E-state index in [-0.39, 0.29) is 0 Å². The lowest BCUT2D eigenvalue weighted by molar-refractivity contribution is -0.131. The minimum atomic E-state index is -0.966. The van der Waals surface area contributed by atoms with Gasteiger partial charge in [0.2, 0.25) is 0 Å². The fraction of sp³-hybridized carbons (Fsp3) is 0. The van der Waals surface area contributed by atoms with E-state index in [1.165, 1.54) is 0 Å². The van der Waals surface area contributed by atoms with E-state index < -0.39 is 5.97 Å². The molecule has 4 heteroatoms. The molecule has 0 fully saturated rings. The molecule has 98 valence electrons. The standard InChI is InChI=1S/C16H12N2O2/c19-15(20)10-9-11-5-1-2-6-12(11)16-13-7-3-4-8-14(13)17-18-16/h1-10H,(H,17,18)(H,19,20). The molecule has 0 aliphatic heterocycles. The molecule has 0 atom stereocenters. The van der Waals surface area contributed by atoms with Crippen molar-refractivity contribution in [1.82, 2.24) is 10.2 Å². The Bertz CT molecular complexity index is 803. The van der Waals surface area contributed by atoms with Crippen LogP contribution in [-0.4, -0.2) is 21.3 Å². The topological polar surface area (TPSA) is 66.0 Å². The number of benzene rings is 2. The number of fused-ring (bicyclic) bond motifs is 1. The molecule has 0 saturated carbocycles. The van der Waals surface area contributed by atoms with E-state index in [9.17, 15) is 4.79 Å². The minimum Gasteiger partial charge on any atom is -0.478 e. The summed E-state index contributed by atoms with van der Waals surface area (Å²) in [6, 6.07) is 15.4. The summed E-state index contributed by atoms with van der Waals surface area (Å²) in [5.41, 5.74) is 3.51. The first-order chi connectivity index (χ1) is 9.75. The van der Waals surface area contributed by atoms with Crippen molar-refractivity contribution in [2.75, 3.05) is 0 Å². The zero-order valence-corrected chi connectivity index (χ0v) is 10.6. The number of carboxylic acid groups (broad SMARTS) is 1. The number of aromatic nitrogens is 2. The van der Waals surface area contributed by atoms with Crippen LogP contribution in [0.3, 0.4) is 0 Å². The molecule has 2 N–H and O–H groups in total. The summed E-state index contributed by atoms with van der Waals surface area (Å²) in [5.74, 6) is -0.966. The average molecular weight is 264 g/mol. The van der Waals surface area contributed by atoms with E-state index in [2.05, 4.69) is 10.2 Å². The van der Waals surface area contributed by atoms with Crippen LogP contribution in [0.25, 0.3) is 28.2 Å². The molecular weight excluding hydrogens is 252 g/mol. The van der Waals surface area contributed by atoms with Crippen LogP contribution in [0.4, 0.5) is 0 Å². The number of H-pyrrole nitrogens is 1. The fourth-order valence-electron chi connectivity index (χ4n) is 2.19. The maximum absolute atomic E-state index is 10.7. The van der Waals surface area contributed by atoms with Gasteiger partial charge in [0.05, 0.1) is 5.52 Å². The summed E-state index contributed by atoms with van der Waals surface area (Å²) in [6.45, 7) is 0. The molecule has 0 aliphatic rings.